The van der Waals surface area contributed by atoms with Crippen molar-refractivity contribution in [2.24, 2.45) is 0 Å². The van der Waals surface area contributed by atoms with E-state index in [0.717, 1.165) is 10.5 Å². The fraction of sp³-hybridized carbons (Fsp3) is 0.333. The fourth-order valence-electron chi connectivity index (χ4n) is 2.95. The van der Waals surface area contributed by atoms with E-state index in [0.29, 0.717) is 0 Å². The minimum atomic E-state index is -0.341. The summed E-state index contributed by atoms with van der Waals surface area (Å²) in [5.41, 5.74) is 0.429. The molecule has 4 rings (SSSR count). The number of hydrogen-bond donors (Lipinski definition) is 0. The number of rotatable bonds is 1. The summed E-state index contributed by atoms with van der Waals surface area (Å²) in [4.78, 5) is 0. The highest BCUT2D eigenvalue weighted by atomic mass is 35.5. The Labute approximate surface area is 145 Å². The molecule has 2 aromatic carbocycles. The molecule has 0 unspecified atom stereocenters. The van der Waals surface area contributed by atoms with Gasteiger partial charge in [0, 0.05) is 25.3 Å². The van der Waals surface area contributed by atoms with Crippen molar-refractivity contribution in [2.45, 2.75) is 38.9 Å². The zero-order chi connectivity index (χ0) is 16.4. The van der Waals surface area contributed by atoms with Crippen molar-refractivity contribution in [3.05, 3.63) is 41.4 Å². The largest absolute Gasteiger partial charge is 0.496 e. The predicted molar refractivity (Wildman–Crippen MR) is 100 cm³/mol. The molecule has 2 heterocycles. The smallest absolute Gasteiger partial charge is 0.399 e. The van der Waals surface area contributed by atoms with Gasteiger partial charge in [-0.3, -0.25) is 0 Å². The summed E-state index contributed by atoms with van der Waals surface area (Å²) in [6.45, 7) is 8.32. The monoisotopic (exact) mass is 344 g/mol. The topological polar surface area (TPSA) is 18.5 Å². The summed E-state index contributed by atoms with van der Waals surface area (Å²) in [5.74, 6) is 0. The molecule has 1 aliphatic rings. The third-order valence-electron chi connectivity index (χ3n) is 5.00. The number of benzene rings is 2. The highest BCUT2D eigenvalue weighted by Gasteiger charge is 2.52. The summed E-state index contributed by atoms with van der Waals surface area (Å²) >= 11 is 7.89. The van der Waals surface area contributed by atoms with Crippen LogP contribution >= 0.6 is 22.9 Å². The molecule has 1 aliphatic heterocycles. The molecule has 0 amide bonds. The Kier molecular flexibility index (Phi) is 3.34. The van der Waals surface area contributed by atoms with Crippen LogP contribution in [0.2, 0.25) is 5.02 Å². The first-order valence-corrected chi connectivity index (χ1v) is 8.94. The molecule has 1 fully saturated rings. The second kappa shape index (κ2) is 4.96. The van der Waals surface area contributed by atoms with Gasteiger partial charge in [0.1, 0.15) is 0 Å². The standard InChI is InChI=1S/C18H18BClO2S/c1-17(2)18(3,4)22-19(21-17)14-7-5-6-13-12-9-8-11(20)10-15(12)23-16(13)14/h5-10H,1-4H3. The molecule has 0 saturated carbocycles. The average Bonchev–Trinajstić information content (AvgIpc) is 2.92. The molecule has 2 nitrogen and oxygen atoms in total. The maximum absolute atomic E-state index is 6.24. The maximum Gasteiger partial charge on any atom is 0.496 e. The molecule has 3 aromatic rings. The summed E-state index contributed by atoms with van der Waals surface area (Å²) in [7, 11) is -0.341. The predicted octanol–water partition coefficient (Wildman–Crippen LogP) is 5.01. The van der Waals surface area contributed by atoms with Crippen LogP contribution < -0.4 is 5.46 Å². The molecule has 0 aliphatic carbocycles. The van der Waals surface area contributed by atoms with E-state index in [1.807, 2.05) is 12.1 Å². The summed E-state index contributed by atoms with van der Waals surface area (Å²) < 4.78 is 14.9. The maximum atomic E-state index is 6.24. The third kappa shape index (κ3) is 2.32. The molecule has 0 N–H and O–H groups in total. The van der Waals surface area contributed by atoms with Crippen LogP contribution in [0.1, 0.15) is 27.7 Å². The van der Waals surface area contributed by atoms with E-state index < -0.39 is 0 Å². The molecule has 0 atom stereocenters. The second-order valence-electron chi connectivity index (χ2n) is 7.05. The van der Waals surface area contributed by atoms with Gasteiger partial charge in [0.05, 0.1) is 11.2 Å². The van der Waals surface area contributed by atoms with E-state index in [1.165, 1.54) is 20.2 Å². The molecule has 0 spiro atoms. The third-order valence-corrected chi connectivity index (χ3v) is 6.45. The van der Waals surface area contributed by atoms with Crippen molar-refractivity contribution in [1.29, 1.82) is 0 Å². The van der Waals surface area contributed by atoms with Gasteiger partial charge in [0.2, 0.25) is 0 Å². The van der Waals surface area contributed by atoms with E-state index in [-0.39, 0.29) is 18.3 Å². The van der Waals surface area contributed by atoms with Crippen LogP contribution in [0.4, 0.5) is 0 Å². The first kappa shape index (κ1) is 15.5. The Bertz CT molecular complexity index is 900. The van der Waals surface area contributed by atoms with Gasteiger partial charge < -0.3 is 9.31 Å². The van der Waals surface area contributed by atoms with E-state index in [1.54, 1.807) is 11.3 Å². The highest BCUT2D eigenvalue weighted by molar-refractivity contribution is 7.27. The van der Waals surface area contributed by atoms with Gasteiger partial charge >= 0.3 is 7.12 Å². The van der Waals surface area contributed by atoms with Gasteiger partial charge in [-0.2, -0.15) is 0 Å². The molecule has 23 heavy (non-hydrogen) atoms. The van der Waals surface area contributed by atoms with E-state index in [2.05, 4.69) is 52.0 Å². The van der Waals surface area contributed by atoms with Crippen molar-refractivity contribution < 1.29 is 9.31 Å². The van der Waals surface area contributed by atoms with Crippen molar-refractivity contribution in [3.63, 3.8) is 0 Å². The lowest BCUT2D eigenvalue weighted by Gasteiger charge is -2.32. The first-order chi connectivity index (χ1) is 10.8. The Morgan fingerprint density at radius 3 is 2.35 bits per heavy atom. The zero-order valence-electron chi connectivity index (χ0n) is 13.6. The zero-order valence-corrected chi connectivity index (χ0v) is 15.2. The highest BCUT2D eigenvalue weighted by Crippen LogP contribution is 2.39. The second-order valence-corrected chi connectivity index (χ2v) is 8.54. The fourth-order valence-corrected chi connectivity index (χ4v) is 4.45. The lowest BCUT2D eigenvalue weighted by molar-refractivity contribution is 0.00578. The quantitative estimate of drug-likeness (QED) is 0.578. The van der Waals surface area contributed by atoms with Crippen molar-refractivity contribution in [2.75, 3.05) is 0 Å². The summed E-state index contributed by atoms with van der Waals surface area (Å²) in [6.07, 6.45) is 0. The summed E-state index contributed by atoms with van der Waals surface area (Å²) in [5, 5.41) is 3.22. The Morgan fingerprint density at radius 2 is 1.65 bits per heavy atom. The number of thiophene rings is 1. The van der Waals surface area contributed by atoms with Crippen LogP contribution in [0.25, 0.3) is 20.2 Å². The average molecular weight is 345 g/mol. The van der Waals surface area contributed by atoms with Crippen molar-refractivity contribution >= 4 is 55.7 Å². The number of fused-ring (bicyclic) bond motifs is 3. The van der Waals surface area contributed by atoms with Crippen LogP contribution in [-0.4, -0.2) is 18.3 Å². The molecule has 5 heteroatoms. The van der Waals surface area contributed by atoms with Crippen molar-refractivity contribution in [3.8, 4) is 0 Å². The molecular formula is C18H18BClO2S. The molecule has 118 valence electrons. The Morgan fingerprint density at radius 1 is 0.957 bits per heavy atom. The molecule has 0 bridgehead atoms. The molecule has 1 saturated heterocycles. The minimum absolute atomic E-state index is 0.334. The summed E-state index contributed by atoms with van der Waals surface area (Å²) in [6, 6.07) is 12.4. The van der Waals surface area contributed by atoms with Crippen LogP contribution in [0.3, 0.4) is 0 Å². The normalized spacial score (nSPS) is 19.8. The molecular weight excluding hydrogens is 327 g/mol. The van der Waals surface area contributed by atoms with Crippen LogP contribution in [0.15, 0.2) is 36.4 Å². The number of halogens is 1. The van der Waals surface area contributed by atoms with Gasteiger partial charge in [0.25, 0.3) is 0 Å². The van der Waals surface area contributed by atoms with E-state index in [4.69, 9.17) is 20.9 Å². The molecule has 1 aromatic heterocycles. The van der Waals surface area contributed by atoms with Gasteiger partial charge in [-0.15, -0.1) is 11.3 Å². The first-order valence-electron chi connectivity index (χ1n) is 7.75. The number of hydrogen-bond acceptors (Lipinski definition) is 3. The van der Waals surface area contributed by atoms with Gasteiger partial charge in [-0.05, 0) is 45.2 Å². The van der Waals surface area contributed by atoms with Crippen LogP contribution in [0.5, 0.6) is 0 Å². The van der Waals surface area contributed by atoms with Crippen molar-refractivity contribution in [1.82, 2.24) is 0 Å². The van der Waals surface area contributed by atoms with Gasteiger partial charge in [-0.1, -0.05) is 35.9 Å². The molecule has 0 radical (unpaired) electrons. The van der Waals surface area contributed by atoms with Gasteiger partial charge in [0.15, 0.2) is 0 Å². The van der Waals surface area contributed by atoms with Crippen LogP contribution in [-0.2, 0) is 9.31 Å². The van der Waals surface area contributed by atoms with E-state index in [9.17, 15) is 0 Å². The van der Waals surface area contributed by atoms with Crippen LogP contribution in [0, 0.1) is 0 Å². The van der Waals surface area contributed by atoms with E-state index >= 15 is 0 Å². The SMILES string of the molecule is CC1(C)OB(c2cccc3c2sc2cc(Cl)ccc23)OC1(C)C. The Balaban J connectivity index is 1.90. The Hall–Kier alpha value is -1.07. The minimum Gasteiger partial charge on any atom is -0.399 e. The lowest BCUT2D eigenvalue weighted by Crippen LogP contribution is -2.41. The van der Waals surface area contributed by atoms with Gasteiger partial charge in [-0.25, -0.2) is 0 Å². The lowest BCUT2D eigenvalue weighted by atomic mass is 9.78.